The van der Waals surface area contributed by atoms with Gasteiger partial charge < -0.3 is 4.98 Å². The molecular formula is C10H5BrF2N2S. The van der Waals surface area contributed by atoms with Gasteiger partial charge in [0.1, 0.15) is 16.3 Å². The molecule has 2 rings (SSSR count). The highest BCUT2D eigenvalue weighted by Gasteiger charge is 2.15. The number of H-pyrrole nitrogens is 1. The minimum Gasteiger partial charge on any atom is -0.337 e. The van der Waals surface area contributed by atoms with Crippen molar-refractivity contribution < 1.29 is 8.78 Å². The molecule has 0 amide bonds. The van der Waals surface area contributed by atoms with Crippen LogP contribution in [0.2, 0.25) is 0 Å². The molecule has 1 N–H and O–H groups in total. The fourth-order valence-corrected chi connectivity index (χ4v) is 1.83. The molecule has 0 atom stereocenters. The molecule has 6 heteroatoms. The Hall–Kier alpha value is -1.14. The third-order valence-electron chi connectivity index (χ3n) is 2.03. The third kappa shape index (κ3) is 1.90. The molecular weight excluding hydrogens is 298 g/mol. The Labute approximate surface area is 103 Å². The number of nitrogens with zero attached hydrogens (tertiary/aromatic N) is 1. The van der Waals surface area contributed by atoms with Gasteiger partial charge in [0.25, 0.3) is 0 Å². The van der Waals surface area contributed by atoms with Gasteiger partial charge in [-0.2, -0.15) is 0 Å². The second-order valence-electron chi connectivity index (χ2n) is 3.01. The first-order chi connectivity index (χ1) is 7.61. The first-order valence-corrected chi connectivity index (χ1v) is 5.48. The fraction of sp³-hybridized carbons (Fsp3) is 0. The number of aromatic amines is 1. The minimum absolute atomic E-state index is 0.177. The van der Waals surface area contributed by atoms with E-state index in [0.29, 0.717) is 0 Å². The largest absolute Gasteiger partial charge is 0.337 e. The summed E-state index contributed by atoms with van der Waals surface area (Å²) in [4.78, 5) is 6.39. The molecule has 2 nitrogen and oxygen atoms in total. The second-order valence-corrected chi connectivity index (χ2v) is 4.28. The Bertz CT molecular complexity index is 598. The van der Waals surface area contributed by atoms with Crippen molar-refractivity contribution in [3.63, 3.8) is 0 Å². The first-order valence-electron chi connectivity index (χ1n) is 4.28. The van der Waals surface area contributed by atoms with E-state index in [2.05, 4.69) is 25.9 Å². The molecule has 0 saturated carbocycles. The number of nitrogens with one attached hydrogen (secondary N) is 1. The average Bonchev–Trinajstić information content (AvgIpc) is 2.27. The standard InChI is InChI=1S/C10H5BrF2N2S/c11-6-1-2-7(12)8(9(6)13)5-3-14-4-15-10(5)16/h1-4H,(H,14,15,16). The number of hydrogen-bond donors (Lipinski definition) is 1. The van der Waals surface area contributed by atoms with Crippen LogP contribution in [0, 0.1) is 16.3 Å². The molecule has 0 spiro atoms. The Morgan fingerprint density at radius 1 is 1.31 bits per heavy atom. The normalized spacial score (nSPS) is 10.4. The molecule has 16 heavy (non-hydrogen) atoms. The molecule has 0 saturated heterocycles. The molecule has 0 bridgehead atoms. The number of hydrogen-bond acceptors (Lipinski definition) is 2. The van der Waals surface area contributed by atoms with Crippen molar-refractivity contribution in [2.24, 2.45) is 0 Å². The Balaban J connectivity index is 2.79. The Kier molecular flexibility index (Phi) is 3.11. The first kappa shape index (κ1) is 11.3. The minimum atomic E-state index is -0.687. The predicted octanol–water partition coefficient (Wildman–Crippen LogP) is 3.85. The highest BCUT2D eigenvalue weighted by Crippen LogP contribution is 2.30. The summed E-state index contributed by atoms with van der Waals surface area (Å²) >= 11 is 7.95. The highest BCUT2D eigenvalue weighted by atomic mass is 79.9. The molecule has 0 radical (unpaired) electrons. The summed E-state index contributed by atoms with van der Waals surface area (Å²) in [6.07, 6.45) is 2.69. The zero-order valence-corrected chi connectivity index (χ0v) is 10.2. The van der Waals surface area contributed by atoms with Gasteiger partial charge in [0.05, 0.1) is 16.4 Å². The van der Waals surface area contributed by atoms with E-state index < -0.39 is 11.6 Å². The molecule has 0 aliphatic carbocycles. The monoisotopic (exact) mass is 302 g/mol. The van der Waals surface area contributed by atoms with Crippen molar-refractivity contribution in [3.8, 4) is 11.1 Å². The maximum Gasteiger partial charge on any atom is 0.148 e. The van der Waals surface area contributed by atoms with Crippen LogP contribution in [0.15, 0.2) is 29.1 Å². The van der Waals surface area contributed by atoms with Crippen molar-refractivity contribution in [3.05, 3.63) is 45.4 Å². The molecule has 0 aliphatic heterocycles. The van der Waals surface area contributed by atoms with Crippen LogP contribution in [0.1, 0.15) is 0 Å². The van der Waals surface area contributed by atoms with Gasteiger partial charge in [0.2, 0.25) is 0 Å². The van der Waals surface area contributed by atoms with Crippen molar-refractivity contribution in [1.29, 1.82) is 0 Å². The summed E-state index contributed by atoms with van der Waals surface area (Å²) in [5.74, 6) is -1.36. The SMILES string of the molecule is Fc1ccc(Br)c(F)c1-c1cnc[nH]c1=S. The topological polar surface area (TPSA) is 28.7 Å². The van der Waals surface area contributed by atoms with Crippen LogP contribution in [0.25, 0.3) is 11.1 Å². The Morgan fingerprint density at radius 3 is 2.75 bits per heavy atom. The number of rotatable bonds is 1. The lowest BCUT2D eigenvalue weighted by Gasteiger charge is -2.05. The van der Waals surface area contributed by atoms with Crippen molar-refractivity contribution in [1.82, 2.24) is 9.97 Å². The quantitative estimate of drug-likeness (QED) is 0.640. The predicted molar refractivity (Wildman–Crippen MR) is 62.5 cm³/mol. The lowest BCUT2D eigenvalue weighted by Crippen LogP contribution is -1.94. The highest BCUT2D eigenvalue weighted by molar-refractivity contribution is 9.10. The lowest BCUT2D eigenvalue weighted by atomic mass is 10.1. The number of halogens is 3. The number of benzene rings is 1. The van der Waals surface area contributed by atoms with Crippen LogP contribution in [0.4, 0.5) is 8.78 Å². The van der Waals surface area contributed by atoms with Gasteiger partial charge in [0.15, 0.2) is 0 Å². The zero-order valence-electron chi connectivity index (χ0n) is 7.80. The molecule has 1 aromatic heterocycles. The van der Waals surface area contributed by atoms with E-state index in [1.165, 1.54) is 24.7 Å². The summed E-state index contributed by atoms with van der Waals surface area (Å²) in [7, 11) is 0. The van der Waals surface area contributed by atoms with E-state index in [0.717, 1.165) is 0 Å². The molecule has 0 fully saturated rings. The van der Waals surface area contributed by atoms with Gasteiger partial charge in [-0.05, 0) is 28.1 Å². The van der Waals surface area contributed by atoms with Crippen molar-refractivity contribution >= 4 is 28.1 Å². The maximum absolute atomic E-state index is 13.8. The van der Waals surface area contributed by atoms with E-state index in [9.17, 15) is 8.78 Å². The summed E-state index contributed by atoms with van der Waals surface area (Å²) in [5, 5.41) is 0. The van der Waals surface area contributed by atoms with Crippen LogP contribution in [0.5, 0.6) is 0 Å². The maximum atomic E-state index is 13.8. The average molecular weight is 303 g/mol. The zero-order chi connectivity index (χ0) is 11.7. The van der Waals surface area contributed by atoms with Crippen LogP contribution in [-0.4, -0.2) is 9.97 Å². The van der Waals surface area contributed by atoms with E-state index in [1.807, 2.05) is 0 Å². The lowest BCUT2D eigenvalue weighted by molar-refractivity contribution is 0.585. The summed E-state index contributed by atoms with van der Waals surface area (Å²) in [6.45, 7) is 0. The summed E-state index contributed by atoms with van der Waals surface area (Å²) < 4.78 is 27.7. The molecule has 0 unspecified atom stereocenters. The smallest absolute Gasteiger partial charge is 0.148 e. The third-order valence-corrected chi connectivity index (χ3v) is 2.98. The second kappa shape index (κ2) is 4.39. The van der Waals surface area contributed by atoms with E-state index in [4.69, 9.17) is 12.2 Å². The van der Waals surface area contributed by atoms with Gasteiger partial charge in [-0.15, -0.1) is 0 Å². The van der Waals surface area contributed by atoms with Crippen LogP contribution < -0.4 is 0 Å². The molecule has 1 aromatic carbocycles. The number of aromatic nitrogens is 2. The Morgan fingerprint density at radius 2 is 2.06 bits per heavy atom. The van der Waals surface area contributed by atoms with Crippen LogP contribution in [-0.2, 0) is 0 Å². The van der Waals surface area contributed by atoms with Crippen LogP contribution in [0.3, 0.4) is 0 Å². The van der Waals surface area contributed by atoms with Gasteiger partial charge in [0, 0.05) is 11.8 Å². The van der Waals surface area contributed by atoms with Crippen molar-refractivity contribution in [2.45, 2.75) is 0 Å². The fourth-order valence-electron chi connectivity index (χ4n) is 1.30. The van der Waals surface area contributed by atoms with Gasteiger partial charge >= 0.3 is 0 Å². The summed E-state index contributed by atoms with van der Waals surface area (Å²) in [6, 6.07) is 2.47. The van der Waals surface area contributed by atoms with Gasteiger partial charge in [-0.3, -0.25) is 0 Å². The van der Waals surface area contributed by atoms with Crippen LogP contribution >= 0.6 is 28.1 Å². The van der Waals surface area contributed by atoms with Crippen molar-refractivity contribution in [2.75, 3.05) is 0 Å². The van der Waals surface area contributed by atoms with E-state index in [1.54, 1.807) is 0 Å². The molecule has 1 heterocycles. The molecule has 2 aromatic rings. The van der Waals surface area contributed by atoms with Gasteiger partial charge in [-0.25, -0.2) is 13.8 Å². The molecule has 0 aliphatic rings. The summed E-state index contributed by atoms with van der Waals surface area (Å²) in [5.41, 5.74) is 0.0533. The van der Waals surface area contributed by atoms with Gasteiger partial charge in [-0.1, -0.05) is 12.2 Å². The van der Waals surface area contributed by atoms with E-state index in [-0.39, 0.29) is 20.2 Å². The molecule has 82 valence electrons. The van der Waals surface area contributed by atoms with E-state index >= 15 is 0 Å².